The van der Waals surface area contributed by atoms with Crippen molar-refractivity contribution in [1.29, 1.82) is 0 Å². The molecular weight excluding hydrogens is 324 g/mol. The van der Waals surface area contributed by atoms with Crippen LogP contribution < -0.4 is 0 Å². The monoisotopic (exact) mass is 358 g/mol. The number of hydrogen-bond donors (Lipinski definition) is 0. The van der Waals surface area contributed by atoms with Gasteiger partial charge < -0.3 is 4.43 Å². The summed E-state index contributed by atoms with van der Waals surface area (Å²) in [4.78, 5) is 12.3. The summed E-state index contributed by atoms with van der Waals surface area (Å²) in [5, 5.41) is 0.217. The molecule has 0 aromatic heterocycles. The van der Waals surface area contributed by atoms with Gasteiger partial charge in [0.2, 0.25) is 0 Å². The Morgan fingerprint density at radius 1 is 1.24 bits per heavy atom. The zero-order chi connectivity index (χ0) is 18.9. The van der Waals surface area contributed by atoms with Crippen molar-refractivity contribution in [3.8, 4) is 0 Å². The minimum absolute atomic E-state index is 0.169. The second-order valence-corrected chi connectivity index (χ2v) is 13.0. The smallest absolute Gasteiger partial charge is 0.191 e. The van der Waals surface area contributed by atoms with Crippen LogP contribution in [-0.2, 0) is 9.22 Å². The molecule has 0 radical (unpaired) electrons. The molecule has 0 N–H and O–H groups in total. The third kappa shape index (κ3) is 7.98. The fraction of sp³-hybridized carbons (Fsp3) is 0.500. The standard InChI is InChI=1S/C22H34O2Si/c1-7-11-20(16-17-24-25(5,6)22(2,3)4)18-21(23)15-14-19-12-9-8-10-13-19/h7-10,12-15,20H,1,11,16-18H2,2-6H3/b15-14+. The highest BCUT2D eigenvalue weighted by molar-refractivity contribution is 6.74. The Balaban J connectivity index is 2.52. The van der Waals surface area contributed by atoms with Crippen LogP contribution in [0.1, 0.15) is 45.6 Å². The molecule has 0 bridgehead atoms. The fourth-order valence-corrected chi connectivity index (χ4v) is 3.40. The number of allylic oxidation sites excluding steroid dienone is 2. The topological polar surface area (TPSA) is 26.3 Å². The number of benzene rings is 1. The van der Waals surface area contributed by atoms with Gasteiger partial charge in [-0.2, -0.15) is 0 Å². The van der Waals surface area contributed by atoms with E-state index in [1.54, 1.807) is 6.08 Å². The van der Waals surface area contributed by atoms with E-state index >= 15 is 0 Å². The number of carbonyl (C=O) groups excluding carboxylic acids is 1. The molecule has 1 rings (SSSR count). The van der Waals surface area contributed by atoms with E-state index in [1.807, 2.05) is 42.5 Å². The highest BCUT2D eigenvalue weighted by Gasteiger charge is 2.37. The maximum atomic E-state index is 12.3. The summed E-state index contributed by atoms with van der Waals surface area (Å²) in [5.74, 6) is 0.471. The van der Waals surface area contributed by atoms with Crippen molar-refractivity contribution in [2.75, 3.05) is 6.61 Å². The average Bonchev–Trinajstić information content (AvgIpc) is 2.53. The minimum atomic E-state index is -1.72. The summed E-state index contributed by atoms with van der Waals surface area (Å²) in [5.41, 5.74) is 1.05. The lowest BCUT2D eigenvalue weighted by Crippen LogP contribution is -2.41. The lowest BCUT2D eigenvalue weighted by Gasteiger charge is -2.36. The van der Waals surface area contributed by atoms with Crippen LogP contribution in [0.5, 0.6) is 0 Å². The van der Waals surface area contributed by atoms with E-state index in [2.05, 4.69) is 40.4 Å². The number of ketones is 1. The van der Waals surface area contributed by atoms with Crippen LogP contribution in [-0.4, -0.2) is 20.7 Å². The predicted molar refractivity (Wildman–Crippen MR) is 111 cm³/mol. The van der Waals surface area contributed by atoms with Crippen LogP contribution in [0.15, 0.2) is 49.1 Å². The summed E-state index contributed by atoms with van der Waals surface area (Å²) in [6, 6.07) is 9.92. The molecule has 2 nitrogen and oxygen atoms in total. The Labute approximate surface area is 155 Å². The van der Waals surface area contributed by atoms with Gasteiger partial charge in [-0.15, -0.1) is 6.58 Å². The first-order chi connectivity index (χ1) is 11.7. The summed E-state index contributed by atoms with van der Waals surface area (Å²) in [6.07, 6.45) is 7.80. The maximum Gasteiger partial charge on any atom is 0.191 e. The number of carbonyl (C=O) groups is 1. The normalized spacial score (nSPS) is 13.8. The maximum absolute atomic E-state index is 12.3. The van der Waals surface area contributed by atoms with Crippen molar-refractivity contribution in [2.24, 2.45) is 5.92 Å². The van der Waals surface area contributed by atoms with Gasteiger partial charge in [-0.25, -0.2) is 0 Å². The van der Waals surface area contributed by atoms with Crippen molar-refractivity contribution < 1.29 is 9.22 Å². The summed E-state index contributed by atoms with van der Waals surface area (Å²) < 4.78 is 6.26. The van der Waals surface area contributed by atoms with Crippen LogP contribution in [0.2, 0.25) is 18.1 Å². The molecule has 0 fully saturated rings. The van der Waals surface area contributed by atoms with Gasteiger partial charge in [0.15, 0.2) is 14.1 Å². The van der Waals surface area contributed by atoms with Gasteiger partial charge in [-0.3, -0.25) is 4.79 Å². The van der Waals surface area contributed by atoms with E-state index in [1.165, 1.54) is 0 Å². The molecular formula is C22H34O2Si. The summed E-state index contributed by atoms with van der Waals surface area (Å²) in [6.45, 7) is 15.8. The van der Waals surface area contributed by atoms with Crippen molar-refractivity contribution >= 4 is 20.2 Å². The molecule has 0 saturated heterocycles. The Bertz CT molecular complexity index is 567. The molecule has 1 aromatic carbocycles. The lowest BCUT2D eigenvalue weighted by atomic mass is 9.95. The molecule has 25 heavy (non-hydrogen) atoms. The first kappa shape index (κ1) is 21.6. The number of rotatable bonds is 10. The van der Waals surface area contributed by atoms with E-state index in [9.17, 15) is 4.79 Å². The Kier molecular flexibility index (Phi) is 8.53. The molecule has 0 aliphatic heterocycles. The van der Waals surface area contributed by atoms with Gasteiger partial charge in [0.25, 0.3) is 0 Å². The molecule has 0 aliphatic rings. The van der Waals surface area contributed by atoms with Gasteiger partial charge in [-0.1, -0.05) is 63.3 Å². The van der Waals surface area contributed by atoms with E-state index in [4.69, 9.17) is 4.43 Å². The Hall–Kier alpha value is -1.45. The second-order valence-electron chi connectivity index (χ2n) is 8.20. The zero-order valence-electron chi connectivity index (χ0n) is 16.5. The van der Waals surface area contributed by atoms with Crippen LogP contribution in [0.3, 0.4) is 0 Å². The summed E-state index contributed by atoms with van der Waals surface area (Å²) in [7, 11) is -1.72. The molecule has 0 amide bonds. The molecule has 3 heteroatoms. The van der Waals surface area contributed by atoms with E-state index in [0.29, 0.717) is 12.3 Å². The summed E-state index contributed by atoms with van der Waals surface area (Å²) >= 11 is 0. The molecule has 1 atom stereocenters. The molecule has 0 heterocycles. The highest BCUT2D eigenvalue weighted by atomic mass is 28.4. The molecule has 0 aliphatic carbocycles. The lowest BCUT2D eigenvalue weighted by molar-refractivity contribution is -0.115. The van der Waals surface area contributed by atoms with Crippen molar-refractivity contribution in [3.63, 3.8) is 0 Å². The van der Waals surface area contributed by atoms with E-state index < -0.39 is 8.32 Å². The second kappa shape index (κ2) is 9.88. The fourth-order valence-electron chi connectivity index (χ4n) is 2.34. The third-order valence-corrected chi connectivity index (χ3v) is 9.58. The Morgan fingerprint density at radius 2 is 1.88 bits per heavy atom. The quantitative estimate of drug-likeness (QED) is 0.280. The largest absolute Gasteiger partial charge is 0.417 e. The third-order valence-electron chi connectivity index (χ3n) is 5.05. The first-order valence-electron chi connectivity index (χ1n) is 9.16. The molecule has 0 saturated carbocycles. The van der Waals surface area contributed by atoms with Gasteiger partial charge in [0.05, 0.1) is 0 Å². The molecule has 138 valence electrons. The van der Waals surface area contributed by atoms with E-state index in [-0.39, 0.29) is 10.8 Å². The van der Waals surface area contributed by atoms with Crippen LogP contribution in [0.4, 0.5) is 0 Å². The van der Waals surface area contributed by atoms with Crippen molar-refractivity contribution in [1.82, 2.24) is 0 Å². The SMILES string of the molecule is C=CCC(CCO[Si](C)(C)C(C)(C)C)CC(=O)/C=C/c1ccccc1. The molecule has 1 aromatic rings. The number of hydrogen-bond acceptors (Lipinski definition) is 2. The predicted octanol–water partition coefficient (Wildman–Crippen LogP) is 6.26. The van der Waals surface area contributed by atoms with Crippen LogP contribution >= 0.6 is 0 Å². The molecule has 1 unspecified atom stereocenters. The van der Waals surface area contributed by atoms with Gasteiger partial charge in [-0.05, 0) is 48.5 Å². The first-order valence-corrected chi connectivity index (χ1v) is 12.1. The van der Waals surface area contributed by atoms with Gasteiger partial charge in [0, 0.05) is 13.0 Å². The minimum Gasteiger partial charge on any atom is -0.417 e. The van der Waals surface area contributed by atoms with Crippen LogP contribution in [0, 0.1) is 5.92 Å². The molecule has 0 spiro atoms. The average molecular weight is 359 g/mol. The Morgan fingerprint density at radius 3 is 2.44 bits per heavy atom. The highest BCUT2D eigenvalue weighted by Crippen LogP contribution is 2.36. The van der Waals surface area contributed by atoms with Crippen molar-refractivity contribution in [2.45, 2.75) is 58.2 Å². The van der Waals surface area contributed by atoms with Crippen molar-refractivity contribution in [3.05, 3.63) is 54.6 Å². The van der Waals surface area contributed by atoms with Gasteiger partial charge >= 0.3 is 0 Å². The van der Waals surface area contributed by atoms with Crippen LogP contribution in [0.25, 0.3) is 6.08 Å². The zero-order valence-corrected chi connectivity index (χ0v) is 17.5. The van der Waals surface area contributed by atoms with E-state index in [0.717, 1.165) is 25.0 Å². The van der Waals surface area contributed by atoms with Gasteiger partial charge in [0.1, 0.15) is 0 Å².